The standard InChI is InChI=1S/C21H28N2O5/c1-22(14-17-8-5-12-28-17)15-21(25)10-6-11-23(20(21)24)13-16-7-4-9-18(26-2)19(16)27-3/h4-5,7-9,12,25H,6,10-11,13-15H2,1-3H3/t21-/m1/s1. The number of furan rings is 1. The molecular formula is C21H28N2O5. The smallest absolute Gasteiger partial charge is 0.256 e. The summed E-state index contributed by atoms with van der Waals surface area (Å²) in [5.41, 5.74) is -0.561. The molecule has 2 aromatic rings. The molecule has 1 aromatic carbocycles. The number of methoxy groups -OCH3 is 2. The molecule has 2 heterocycles. The Balaban J connectivity index is 1.71. The van der Waals surface area contributed by atoms with Gasteiger partial charge in [-0.1, -0.05) is 12.1 Å². The Morgan fingerprint density at radius 3 is 2.75 bits per heavy atom. The summed E-state index contributed by atoms with van der Waals surface area (Å²) in [6.45, 7) is 1.75. The van der Waals surface area contributed by atoms with Crippen LogP contribution in [0.4, 0.5) is 0 Å². The third-order valence-electron chi connectivity index (χ3n) is 5.09. The van der Waals surface area contributed by atoms with E-state index in [0.717, 1.165) is 17.7 Å². The first kappa shape index (κ1) is 20.2. The topological polar surface area (TPSA) is 75.4 Å². The summed E-state index contributed by atoms with van der Waals surface area (Å²) >= 11 is 0. The number of hydrogen-bond donors (Lipinski definition) is 1. The van der Waals surface area contributed by atoms with Gasteiger partial charge in [-0.05, 0) is 38.1 Å². The second-order valence-electron chi connectivity index (χ2n) is 7.27. The predicted molar refractivity (Wildman–Crippen MR) is 104 cm³/mol. The second-order valence-corrected chi connectivity index (χ2v) is 7.27. The van der Waals surface area contributed by atoms with Gasteiger partial charge in [-0.3, -0.25) is 9.69 Å². The third-order valence-corrected chi connectivity index (χ3v) is 5.09. The first-order valence-corrected chi connectivity index (χ1v) is 9.39. The molecular weight excluding hydrogens is 360 g/mol. The molecule has 28 heavy (non-hydrogen) atoms. The van der Waals surface area contributed by atoms with Gasteiger partial charge in [-0.15, -0.1) is 0 Å². The Bertz CT molecular complexity index is 792. The van der Waals surface area contributed by atoms with Gasteiger partial charge in [0.15, 0.2) is 17.1 Å². The van der Waals surface area contributed by atoms with Crippen molar-refractivity contribution in [1.29, 1.82) is 0 Å². The lowest BCUT2D eigenvalue weighted by atomic mass is 9.90. The molecule has 1 saturated heterocycles. The van der Waals surface area contributed by atoms with Gasteiger partial charge in [0.25, 0.3) is 5.91 Å². The molecule has 7 nitrogen and oxygen atoms in total. The summed E-state index contributed by atoms with van der Waals surface area (Å²) in [6.07, 6.45) is 2.80. The number of piperidine rings is 1. The molecule has 7 heteroatoms. The monoisotopic (exact) mass is 388 g/mol. The molecule has 1 atom stereocenters. The molecule has 0 aliphatic carbocycles. The number of carbonyl (C=O) groups excluding carboxylic acids is 1. The van der Waals surface area contributed by atoms with Gasteiger partial charge in [0.05, 0.1) is 27.0 Å². The summed E-state index contributed by atoms with van der Waals surface area (Å²) < 4.78 is 16.2. The van der Waals surface area contributed by atoms with Crippen LogP contribution in [0, 0.1) is 0 Å². The molecule has 1 fully saturated rings. The van der Waals surface area contributed by atoms with E-state index < -0.39 is 5.60 Å². The van der Waals surface area contributed by atoms with Crippen molar-refractivity contribution >= 4 is 5.91 Å². The van der Waals surface area contributed by atoms with Crippen LogP contribution in [0.25, 0.3) is 0 Å². The molecule has 152 valence electrons. The normalized spacial score (nSPS) is 19.9. The molecule has 0 unspecified atom stereocenters. The Kier molecular flexibility index (Phi) is 6.26. The van der Waals surface area contributed by atoms with Crippen molar-refractivity contribution < 1.29 is 23.8 Å². The van der Waals surface area contributed by atoms with Crippen molar-refractivity contribution in [3.8, 4) is 11.5 Å². The average molecular weight is 388 g/mol. The van der Waals surface area contributed by atoms with Gasteiger partial charge in [-0.2, -0.15) is 0 Å². The minimum absolute atomic E-state index is 0.248. The molecule has 0 saturated carbocycles. The summed E-state index contributed by atoms with van der Waals surface area (Å²) in [5, 5.41) is 11.1. The summed E-state index contributed by atoms with van der Waals surface area (Å²) in [6, 6.07) is 9.30. The number of benzene rings is 1. The number of nitrogens with zero attached hydrogens (tertiary/aromatic N) is 2. The fraction of sp³-hybridized carbons (Fsp3) is 0.476. The van der Waals surface area contributed by atoms with Crippen molar-refractivity contribution in [2.75, 3.05) is 34.4 Å². The number of carbonyl (C=O) groups is 1. The van der Waals surface area contributed by atoms with Crippen molar-refractivity contribution in [1.82, 2.24) is 9.80 Å². The van der Waals surface area contributed by atoms with E-state index in [2.05, 4.69) is 0 Å². The molecule has 3 rings (SSSR count). The maximum Gasteiger partial charge on any atom is 0.256 e. The number of amides is 1. The summed E-state index contributed by atoms with van der Waals surface area (Å²) in [7, 11) is 5.04. The largest absolute Gasteiger partial charge is 0.493 e. The maximum atomic E-state index is 13.1. The van der Waals surface area contributed by atoms with E-state index in [4.69, 9.17) is 13.9 Å². The second kappa shape index (κ2) is 8.67. The van der Waals surface area contributed by atoms with E-state index in [0.29, 0.717) is 37.6 Å². The fourth-order valence-corrected chi connectivity index (χ4v) is 3.82. The molecule has 1 aromatic heterocycles. The zero-order valence-corrected chi connectivity index (χ0v) is 16.7. The zero-order chi connectivity index (χ0) is 20.1. The molecule has 0 radical (unpaired) electrons. The maximum absolute atomic E-state index is 13.1. The van der Waals surface area contributed by atoms with E-state index in [9.17, 15) is 9.90 Å². The van der Waals surface area contributed by atoms with Gasteiger partial charge < -0.3 is 23.9 Å². The number of likely N-dealkylation sites (N-methyl/N-ethyl adjacent to an activating group) is 1. The van der Waals surface area contributed by atoms with Crippen LogP contribution in [-0.4, -0.2) is 60.8 Å². The number of aliphatic hydroxyl groups is 1. The SMILES string of the molecule is COc1cccc(CN2CCC[C@@](O)(CN(C)Cc3ccco3)C2=O)c1OC. The Hall–Kier alpha value is -2.51. The fourth-order valence-electron chi connectivity index (χ4n) is 3.82. The molecule has 1 aliphatic heterocycles. The number of para-hydroxylation sites is 1. The molecule has 0 bridgehead atoms. The van der Waals surface area contributed by atoms with Crippen molar-refractivity contribution in [2.24, 2.45) is 0 Å². The van der Waals surface area contributed by atoms with Gasteiger partial charge in [0.2, 0.25) is 0 Å². The lowest BCUT2D eigenvalue weighted by Gasteiger charge is -2.40. The number of hydrogen-bond acceptors (Lipinski definition) is 6. The van der Waals surface area contributed by atoms with Crippen molar-refractivity contribution in [2.45, 2.75) is 31.5 Å². The molecule has 1 N–H and O–H groups in total. The Morgan fingerprint density at radius 2 is 2.07 bits per heavy atom. The minimum Gasteiger partial charge on any atom is -0.493 e. The van der Waals surface area contributed by atoms with Crippen molar-refractivity contribution in [3.63, 3.8) is 0 Å². The highest BCUT2D eigenvalue weighted by molar-refractivity contribution is 5.86. The van der Waals surface area contributed by atoms with E-state index in [-0.39, 0.29) is 12.5 Å². The highest BCUT2D eigenvalue weighted by Crippen LogP contribution is 2.33. The lowest BCUT2D eigenvalue weighted by Crippen LogP contribution is -2.57. The summed E-state index contributed by atoms with van der Waals surface area (Å²) in [5.74, 6) is 1.78. The van der Waals surface area contributed by atoms with Gasteiger partial charge in [0, 0.05) is 25.2 Å². The van der Waals surface area contributed by atoms with Crippen LogP contribution in [0.5, 0.6) is 11.5 Å². The first-order chi connectivity index (χ1) is 13.5. The third kappa shape index (κ3) is 4.31. The number of ether oxygens (including phenoxy) is 2. The summed E-state index contributed by atoms with van der Waals surface area (Å²) in [4.78, 5) is 16.7. The van der Waals surface area contributed by atoms with Crippen LogP contribution in [0.1, 0.15) is 24.2 Å². The zero-order valence-electron chi connectivity index (χ0n) is 16.7. The average Bonchev–Trinajstić information content (AvgIpc) is 3.18. The van der Waals surface area contributed by atoms with Crippen LogP contribution in [-0.2, 0) is 17.9 Å². The van der Waals surface area contributed by atoms with Crippen molar-refractivity contribution in [3.05, 3.63) is 47.9 Å². The molecule has 0 spiro atoms. The van der Waals surface area contributed by atoms with E-state index in [1.165, 1.54) is 0 Å². The number of likely N-dealkylation sites (tertiary alicyclic amines) is 1. The Labute approximate surface area is 165 Å². The number of rotatable bonds is 8. The minimum atomic E-state index is -1.41. The van der Waals surface area contributed by atoms with Crippen LogP contribution in [0.3, 0.4) is 0 Å². The van der Waals surface area contributed by atoms with Crippen LogP contribution in [0.2, 0.25) is 0 Å². The van der Waals surface area contributed by atoms with Crippen LogP contribution < -0.4 is 9.47 Å². The molecule has 1 aliphatic rings. The van der Waals surface area contributed by atoms with E-state index in [1.54, 1.807) is 25.4 Å². The van der Waals surface area contributed by atoms with Gasteiger partial charge in [-0.25, -0.2) is 0 Å². The highest BCUT2D eigenvalue weighted by atomic mass is 16.5. The van der Waals surface area contributed by atoms with E-state index in [1.807, 2.05) is 42.3 Å². The predicted octanol–water partition coefficient (Wildman–Crippen LogP) is 2.28. The van der Waals surface area contributed by atoms with Crippen LogP contribution >= 0.6 is 0 Å². The van der Waals surface area contributed by atoms with Gasteiger partial charge in [0.1, 0.15) is 5.76 Å². The highest BCUT2D eigenvalue weighted by Gasteiger charge is 2.43. The van der Waals surface area contributed by atoms with Gasteiger partial charge >= 0.3 is 0 Å². The molecule has 1 amide bonds. The quantitative estimate of drug-likeness (QED) is 0.748. The van der Waals surface area contributed by atoms with Crippen LogP contribution in [0.15, 0.2) is 41.0 Å². The first-order valence-electron chi connectivity index (χ1n) is 9.39. The Morgan fingerprint density at radius 1 is 1.25 bits per heavy atom. The van der Waals surface area contributed by atoms with E-state index >= 15 is 0 Å². The lowest BCUT2D eigenvalue weighted by molar-refractivity contribution is -0.160.